The predicted molar refractivity (Wildman–Crippen MR) is 68.5 cm³/mol. The summed E-state index contributed by atoms with van der Waals surface area (Å²) < 4.78 is 5.58. The summed E-state index contributed by atoms with van der Waals surface area (Å²) in [6.07, 6.45) is 1.75. The monoisotopic (exact) mass is 248 g/mol. The summed E-state index contributed by atoms with van der Waals surface area (Å²) in [7, 11) is 1.88. The van der Waals surface area contributed by atoms with E-state index in [1.165, 1.54) is 0 Å². The molecular formula is C13H13ClN2O. The molecule has 0 atom stereocenters. The third-order valence-corrected chi connectivity index (χ3v) is 2.47. The molecule has 1 N–H and O–H groups in total. The lowest BCUT2D eigenvalue weighted by Crippen LogP contribution is -2.05. The highest BCUT2D eigenvalue weighted by Gasteiger charge is 2.05. The van der Waals surface area contributed by atoms with E-state index in [0.717, 1.165) is 17.9 Å². The Kier molecular flexibility index (Phi) is 3.96. The van der Waals surface area contributed by atoms with Crippen molar-refractivity contribution in [1.29, 1.82) is 0 Å². The molecular weight excluding hydrogens is 236 g/mol. The van der Waals surface area contributed by atoms with Gasteiger partial charge >= 0.3 is 0 Å². The molecule has 0 saturated carbocycles. The van der Waals surface area contributed by atoms with Gasteiger partial charge < -0.3 is 10.1 Å². The van der Waals surface area contributed by atoms with E-state index in [0.29, 0.717) is 10.9 Å². The zero-order valence-corrected chi connectivity index (χ0v) is 10.2. The smallest absolute Gasteiger partial charge is 0.238 e. The molecule has 2 aromatic rings. The molecule has 1 aromatic carbocycles. The van der Waals surface area contributed by atoms with Gasteiger partial charge in [-0.3, -0.25) is 0 Å². The fraction of sp³-hybridized carbons (Fsp3) is 0.154. The molecule has 88 valence electrons. The molecule has 0 amide bonds. The summed E-state index contributed by atoms with van der Waals surface area (Å²) >= 11 is 6.10. The Morgan fingerprint density at radius 3 is 2.71 bits per heavy atom. The molecule has 0 unspecified atom stereocenters. The quantitative estimate of drug-likeness (QED) is 0.902. The molecule has 0 aliphatic heterocycles. The number of nitrogens with zero attached hydrogens (tertiary/aromatic N) is 1. The molecule has 0 aliphatic carbocycles. The van der Waals surface area contributed by atoms with Crippen LogP contribution in [0.4, 0.5) is 0 Å². The van der Waals surface area contributed by atoms with Crippen molar-refractivity contribution in [3.05, 3.63) is 53.2 Å². The third kappa shape index (κ3) is 3.19. The van der Waals surface area contributed by atoms with Crippen molar-refractivity contribution < 1.29 is 4.74 Å². The fourth-order valence-electron chi connectivity index (χ4n) is 1.44. The Hall–Kier alpha value is -1.58. The SMILES string of the molecule is CNCc1cnc(Oc2ccccc2)c(Cl)c1. The molecule has 0 aliphatic rings. The third-order valence-electron chi connectivity index (χ3n) is 2.20. The Labute approximate surface area is 105 Å². The summed E-state index contributed by atoms with van der Waals surface area (Å²) in [6.45, 7) is 0.734. The number of halogens is 1. The van der Waals surface area contributed by atoms with Gasteiger partial charge in [-0.15, -0.1) is 0 Å². The number of ether oxygens (including phenoxy) is 1. The van der Waals surface area contributed by atoms with Gasteiger partial charge in [0, 0.05) is 12.7 Å². The van der Waals surface area contributed by atoms with Crippen LogP contribution in [0.5, 0.6) is 11.6 Å². The van der Waals surface area contributed by atoms with Crippen LogP contribution >= 0.6 is 11.6 Å². The molecule has 0 bridgehead atoms. The second kappa shape index (κ2) is 5.66. The van der Waals surface area contributed by atoms with E-state index in [-0.39, 0.29) is 0 Å². The van der Waals surface area contributed by atoms with E-state index in [1.807, 2.05) is 43.4 Å². The standard InChI is InChI=1S/C13H13ClN2O/c1-15-8-10-7-12(14)13(16-9-10)17-11-5-3-2-4-6-11/h2-7,9,15H,8H2,1H3. The number of pyridine rings is 1. The summed E-state index contributed by atoms with van der Waals surface area (Å²) in [5, 5.41) is 3.56. The molecule has 1 heterocycles. The molecule has 4 heteroatoms. The van der Waals surface area contributed by atoms with Gasteiger partial charge in [-0.2, -0.15) is 0 Å². The summed E-state index contributed by atoms with van der Waals surface area (Å²) in [4.78, 5) is 4.20. The van der Waals surface area contributed by atoms with Crippen molar-refractivity contribution >= 4 is 11.6 Å². The first-order valence-electron chi connectivity index (χ1n) is 5.31. The number of hydrogen-bond acceptors (Lipinski definition) is 3. The summed E-state index contributed by atoms with van der Waals surface area (Å²) in [5.41, 5.74) is 1.03. The summed E-state index contributed by atoms with van der Waals surface area (Å²) in [6, 6.07) is 11.3. The van der Waals surface area contributed by atoms with Crippen LogP contribution < -0.4 is 10.1 Å². The molecule has 3 nitrogen and oxygen atoms in total. The first kappa shape index (κ1) is 11.9. The highest BCUT2D eigenvalue weighted by molar-refractivity contribution is 6.31. The Morgan fingerprint density at radius 2 is 2.06 bits per heavy atom. The minimum Gasteiger partial charge on any atom is -0.438 e. The summed E-state index contributed by atoms with van der Waals surface area (Å²) in [5.74, 6) is 1.15. The Balaban J connectivity index is 2.17. The van der Waals surface area contributed by atoms with Crippen molar-refractivity contribution in [3.8, 4) is 11.6 Å². The minimum absolute atomic E-state index is 0.428. The van der Waals surface area contributed by atoms with E-state index >= 15 is 0 Å². The fourth-order valence-corrected chi connectivity index (χ4v) is 1.67. The Morgan fingerprint density at radius 1 is 1.29 bits per heavy atom. The molecule has 17 heavy (non-hydrogen) atoms. The second-order valence-corrected chi connectivity index (χ2v) is 3.98. The van der Waals surface area contributed by atoms with E-state index in [2.05, 4.69) is 10.3 Å². The van der Waals surface area contributed by atoms with E-state index < -0.39 is 0 Å². The predicted octanol–water partition coefficient (Wildman–Crippen LogP) is 3.25. The first-order valence-corrected chi connectivity index (χ1v) is 5.69. The van der Waals surface area contributed by atoms with E-state index in [9.17, 15) is 0 Å². The molecule has 0 radical (unpaired) electrons. The van der Waals surface area contributed by atoms with Gasteiger partial charge in [0.25, 0.3) is 0 Å². The molecule has 1 aromatic heterocycles. The molecule has 2 rings (SSSR count). The van der Waals surface area contributed by atoms with Crippen LogP contribution in [-0.4, -0.2) is 12.0 Å². The van der Waals surface area contributed by atoms with Crippen LogP contribution in [0.25, 0.3) is 0 Å². The lowest BCUT2D eigenvalue weighted by Gasteiger charge is -2.07. The average Bonchev–Trinajstić information content (AvgIpc) is 2.34. The van der Waals surface area contributed by atoms with Crippen molar-refractivity contribution in [2.75, 3.05) is 7.05 Å². The van der Waals surface area contributed by atoms with Crippen LogP contribution in [-0.2, 0) is 6.54 Å². The van der Waals surface area contributed by atoms with Gasteiger partial charge in [-0.25, -0.2) is 4.98 Å². The maximum atomic E-state index is 6.10. The van der Waals surface area contributed by atoms with Crippen molar-refractivity contribution in [1.82, 2.24) is 10.3 Å². The van der Waals surface area contributed by atoms with Gasteiger partial charge in [0.05, 0.1) is 0 Å². The normalized spacial score (nSPS) is 10.2. The van der Waals surface area contributed by atoms with Gasteiger partial charge in [-0.1, -0.05) is 29.8 Å². The van der Waals surface area contributed by atoms with Gasteiger partial charge in [0.15, 0.2) is 0 Å². The van der Waals surface area contributed by atoms with Crippen LogP contribution in [0.3, 0.4) is 0 Å². The number of rotatable bonds is 4. The number of nitrogens with one attached hydrogen (secondary N) is 1. The van der Waals surface area contributed by atoms with E-state index in [1.54, 1.807) is 6.20 Å². The maximum absolute atomic E-state index is 6.10. The van der Waals surface area contributed by atoms with Crippen LogP contribution in [0.1, 0.15) is 5.56 Å². The van der Waals surface area contributed by atoms with Crippen molar-refractivity contribution in [2.45, 2.75) is 6.54 Å². The highest BCUT2D eigenvalue weighted by atomic mass is 35.5. The van der Waals surface area contributed by atoms with Gasteiger partial charge in [-0.05, 0) is 30.8 Å². The lowest BCUT2D eigenvalue weighted by molar-refractivity contribution is 0.462. The van der Waals surface area contributed by atoms with Crippen molar-refractivity contribution in [2.24, 2.45) is 0 Å². The molecule has 0 fully saturated rings. The minimum atomic E-state index is 0.428. The second-order valence-electron chi connectivity index (χ2n) is 3.58. The zero-order chi connectivity index (χ0) is 12.1. The van der Waals surface area contributed by atoms with Gasteiger partial charge in [0.2, 0.25) is 5.88 Å². The average molecular weight is 249 g/mol. The van der Waals surface area contributed by atoms with Crippen LogP contribution in [0, 0.1) is 0 Å². The Bertz CT molecular complexity index is 488. The zero-order valence-electron chi connectivity index (χ0n) is 9.48. The first-order chi connectivity index (χ1) is 8.29. The highest BCUT2D eigenvalue weighted by Crippen LogP contribution is 2.27. The van der Waals surface area contributed by atoms with Crippen LogP contribution in [0.2, 0.25) is 5.02 Å². The van der Waals surface area contributed by atoms with Crippen molar-refractivity contribution in [3.63, 3.8) is 0 Å². The topological polar surface area (TPSA) is 34.2 Å². The lowest BCUT2D eigenvalue weighted by atomic mass is 10.3. The number of aromatic nitrogens is 1. The van der Waals surface area contributed by atoms with E-state index in [4.69, 9.17) is 16.3 Å². The maximum Gasteiger partial charge on any atom is 0.238 e. The largest absolute Gasteiger partial charge is 0.438 e. The van der Waals surface area contributed by atoms with Gasteiger partial charge in [0.1, 0.15) is 10.8 Å². The number of benzene rings is 1. The number of para-hydroxylation sites is 1. The molecule has 0 spiro atoms. The number of hydrogen-bond donors (Lipinski definition) is 1. The molecule has 0 saturated heterocycles. The van der Waals surface area contributed by atoms with Crippen LogP contribution in [0.15, 0.2) is 42.6 Å².